The van der Waals surface area contributed by atoms with E-state index in [9.17, 15) is 0 Å². The van der Waals surface area contributed by atoms with Crippen LogP contribution in [-0.2, 0) is 0 Å². The molecule has 0 saturated heterocycles. The van der Waals surface area contributed by atoms with Gasteiger partial charge in [-0.05, 0) is 48.0 Å². The van der Waals surface area contributed by atoms with Crippen LogP contribution in [-0.4, -0.2) is 14.1 Å². The lowest BCUT2D eigenvalue weighted by Crippen LogP contribution is -1.96. The summed E-state index contributed by atoms with van der Waals surface area (Å²) in [4.78, 5) is 5.45. The highest BCUT2D eigenvalue weighted by molar-refractivity contribution is 7.21. The number of aromatic nitrogens is 3. The third kappa shape index (κ3) is 3.51. The maximum Gasteiger partial charge on any atom is 0.195 e. The predicted molar refractivity (Wildman–Crippen MR) is 201 cm³/mol. The summed E-state index contributed by atoms with van der Waals surface area (Å²) in [6.45, 7) is 0. The molecule has 11 rings (SSSR count). The number of para-hydroxylation sites is 4. The van der Waals surface area contributed by atoms with Gasteiger partial charge in [-0.2, -0.15) is 0 Å². The van der Waals surface area contributed by atoms with E-state index in [2.05, 4.69) is 149 Å². The molecule has 0 aliphatic heterocycles. The Morgan fingerprint density at radius 2 is 1.08 bits per heavy atom. The largest absolute Gasteiger partial charge is 0.455 e. The van der Waals surface area contributed by atoms with E-state index in [-0.39, 0.29) is 0 Å². The first-order valence-electron chi connectivity index (χ1n) is 16.1. The van der Waals surface area contributed by atoms with Gasteiger partial charge in [0.2, 0.25) is 0 Å². The second kappa shape index (κ2) is 9.67. The van der Waals surface area contributed by atoms with Crippen LogP contribution in [0.1, 0.15) is 0 Å². The van der Waals surface area contributed by atoms with Gasteiger partial charge in [0.05, 0.1) is 37.7 Å². The lowest BCUT2D eigenvalue weighted by atomic mass is 10.0. The average Bonchev–Trinajstić information content (AvgIpc) is 3.90. The average molecular weight is 632 g/mol. The van der Waals surface area contributed by atoms with Crippen LogP contribution in [0.5, 0.6) is 0 Å². The summed E-state index contributed by atoms with van der Waals surface area (Å²) < 4.78 is 12.4. The van der Waals surface area contributed by atoms with Crippen LogP contribution >= 0.6 is 11.3 Å². The first kappa shape index (κ1) is 26.0. The van der Waals surface area contributed by atoms with E-state index in [1.54, 1.807) is 11.3 Å². The van der Waals surface area contributed by atoms with Gasteiger partial charge in [0.25, 0.3) is 0 Å². The smallest absolute Gasteiger partial charge is 0.195 e. The standard InChI is InChI=1S/C43H25N3OS/c1-2-12-26(13-3-1)33-25-39-41(40-32-17-7-11-21-38(32)47-42(33)40)44-43(48-39)46-36-20-10-6-16-30(36)31-23-22-27(24-37(31)46)45-34-18-8-4-14-28(34)29-15-5-9-19-35(29)45/h1-25H. The van der Waals surface area contributed by atoms with Gasteiger partial charge in [-0.15, -0.1) is 0 Å². The van der Waals surface area contributed by atoms with Crippen molar-refractivity contribution in [2.75, 3.05) is 0 Å². The molecule has 0 aliphatic carbocycles. The third-order valence-corrected chi connectivity index (χ3v) is 10.8. The second-order valence-electron chi connectivity index (χ2n) is 12.4. The third-order valence-electron chi connectivity index (χ3n) is 9.77. The summed E-state index contributed by atoms with van der Waals surface area (Å²) >= 11 is 1.73. The monoisotopic (exact) mass is 631 g/mol. The van der Waals surface area contributed by atoms with Crippen molar-refractivity contribution in [1.29, 1.82) is 0 Å². The van der Waals surface area contributed by atoms with Gasteiger partial charge in [0, 0.05) is 38.2 Å². The Morgan fingerprint density at radius 1 is 0.500 bits per heavy atom. The molecule has 4 aromatic heterocycles. The highest BCUT2D eigenvalue weighted by atomic mass is 32.1. The molecule has 4 heterocycles. The molecule has 0 aliphatic rings. The Kier molecular flexibility index (Phi) is 5.23. The Morgan fingerprint density at radius 3 is 1.79 bits per heavy atom. The normalized spacial score (nSPS) is 12.2. The fourth-order valence-corrected chi connectivity index (χ4v) is 8.74. The number of hydrogen-bond donors (Lipinski definition) is 0. The molecule has 0 radical (unpaired) electrons. The summed E-state index contributed by atoms with van der Waals surface area (Å²) in [5.41, 5.74) is 10.7. The van der Waals surface area contributed by atoms with Gasteiger partial charge in [-0.1, -0.05) is 121 Å². The van der Waals surface area contributed by atoms with Crippen molar-refractivity contribution in [3.8, 4) is 21.9 Å². The molecular weight excluding hydrogens is 607 g/mol. The highest BCUT2D eigenvalue weighted by Gasteiger charge is 2.22. The van der Waals surface area contributed by atoms with Gasteiger partial charge in [0.15, 0.2) is 5.13 Å². The molecule has 4 nitrogen and oxygen atoms in total. The Labute approximate surface area is 278 Å². The molecule has 0 bridgehead atoms. The molecule has 0 N–H and O–H groups in total. The van der Waals surface area contributed by atoms with E-state index in [0.717, 1.165) is 65.1 Å². The van der Waals surface area contributed by atoms with Crippen LogP contribution in [0.4, 0.5) is 0 Å². The zero-order valence-corrected chi connectivity index (χ0v) is 26.4. The number of nitrogens with zero attached hydrogens (tertiary/aromatic N) is 3. The highest BCUT2D eigenvalue weighted by Crippen LogP contribution is 2.44. The number of fused-ring (bicyclic) bond motifs is 11. The number of benzene rings is 7. The van der Waals surface area contributed by atoms with Gasteiger partial charge in [0.1, 0.15) is 11.2 Å². The van der Waals surface area contributed by atoms with Crippen LogP contribution in [0.15, 0.2) is 156 Å². The van der Waals surface area contributed by atoms with Crippen molar-refractivity contribution in [3.05, 3.63) is 152 Å². The van der Waals surface area contributed by atoms with Crippen molar-refractivity contribution in [2.45, 2.75) is 0 Å². The Hall–Kier alpha value is -6.17. The summed E-state index contributed by atoms with van der Waals surface area (Å²) in [6, 6.07) is 54.0. The van der Waals surface area contributed by atoms with Crippen LogP contribution in [0.3, 0.4) is 0 Å². The second-order valence-corrected chi connectivity index (χ2v) is 13.4. The molecular formula is C43H25N3OS. The van der Waals surface area contributed by atoms with E-state index >= 15 is 0 Å². The fraction of sp³-hybridized carbons (Fsp3) is 0. The lowest BCUT2D eigenvalue weighted by molar-refractivity contribution is 0.670. The summed E-state index contributed by atoms with van der Waals surface area (Å²) in [7, 11) is 0. The summed E-state index contributed by atoms with van der Waals surface area (Å²) in [6.07, 6.45) is 0. The molecule has 0 fully saturated rings. The fourth-order valence-electron chi connectivity index (χ4n) is 7.70. The quantitative estimate of drug-likeness (QED) is 0.194. The number of furan rings is 1. The molecule has 0 saturated carbocycles. The van der Waals surface area contributed by atoms with E-state index in [4.69, 9.17) is 9.40 Å². The molecule has 48 heavy (non-hydrogen) atoms. The molecule has 0 atom stereocenters. The lowest BCUT2D eigenvalue weighted by Gasteiger charge is -2.09. The minimum Gasteiger partial charge on any atom is -0.455 e. The van der Waals surface area contributed by atoms with E-state index in [0.29, 0.717) is 0 Å². The number of thiazole rings is 1. The number of hydrogen-bond acceptors (Lipinski definition) is 3. The van der Waals surface area contributed by atoms with Gasteiger partial charge in [-0.3, -0.25) is 4.57 Å². The van der Waals surface area contributed by atoms with Gasteiger partial charge < -0.3 is 8.98 Å². The SMILES string of the molecule is c1ccc(-c2cc3sc(-n4c5ccccc5c5ccc(-n6c7ccccc7c7ccccc76)cc54)nc3c3c2oc2ccccc23)cc1. The van der Waals surface area contributed by atoms with E-state index < -0.39 is 0 Å². The molecule has 224 valence electrons. The minimum absolute atomic E-state index is 0.874. The van der Waals surface area contributed by atoms with Crippen molar-refractivity contribution < 1.29 is 4.42 Å². The van der Waals surface area contributed by atoms with Crippen LogP contribution in [0.2, 0.25) is 0 Å². The summed E-state index contributed by atoms with van der Waals surface area (Å²) in [5, 5.41) is 8.02. The molecule has 11 aromatic rings. The molecule has 0 spiro atoms. The predicted octanol–water partition coefficient (Wildman–Crippen LogP) is 12.1. The summed E-state index contributed by atoms with van der Waals surface area (Å²) in [5.74, 6) is 0. The Balaban J connectivity index is 1.23. The van der Waals surface area contributed by atoms with Gasteiger partial charge in [-0.25, -0.2) is 4.98 Å². The van der Waals surface area contributed by atoms with E-state index in [1.807, 2.05) is 12.1 Å². The Bertz CT molecular complexity index is 3010. The molecule has 7 aromatic carbocycles. The number of rotatable bonds is 3. The van der Waals surface area contributed by atoms with Crippen LogP contribution in [0.25, 0.3) is 97.7 Å². The minimum atomic E-state index is 0.874. The maximum absolute atomic E-state index is 6.57. The van der Waals surface area contributed by atoms with Crippen molar-refractivity contribution in [1.82, 2.24) is 14.1 Å². The van der Waals surface area contributed by atoms with Crippen molar-refractivity contribution >= 4 is 87.1 Å². The van der Waals surface area contributed by atoms with Crippen molar-refractivity contribution in [3.63, 3.8) is 0 Å². The zero-order chi connectivity index (χ0) is 31.3. The topological polar surface area (TPSA) is 35.9 Å². The van der Waals surface area contributed by atoms with Crippen molar-refractivity contribution in [2.24, 2.45) is 0 Å². The van der Waals surface area contributed by atoms with Crippen LogP contribution in [0, 0.1) is 0 Å². The van der Waals surface area contributed by atoms with Crippen LogP contribution < -0.4 is 0 Å². The molecule has 0 amide bonds. The maximum atomic E-state index is 6.57. The molecule has 5 heteroatoms. The molecule has 0 unspecified atom stereocenters. The zero-order valence-electron chi connectivity index (χ0n) is 25.6. The van der Waals surface area contributed by atoms with Gasteiger partial charge >= 0.3 is 0 Å². The first-order valence-corrected chi connectivity index (χ1v) is 17.0. The van der Waals surface area contributed by atoms with E-state index in [1.165, 1.54) is 32.6 Å². The first-order chi connectivity index (χ1) is 23.8.